The van der Waals surface area contributed by atoms with Crippen LogP contribution < -0.4 is 5.56 Å². The Morgan fingerprint density at radius 3 is 2.31 bits per heavy atom. The summed E-state index contributed by atoms with van der Waals surface area (Å²) < 4.78 is 43.3. The Hall–Kier alpha value is -3.82. The molecule has 0 N–H and O–H groups in total. The summed E-state index contributed by atoms with van der Waals surface area (Å²) in [7, 11) is 0. The molecule has 0 aliphatic carbocycles. The van der Waals surface area contributed by atoms with Gasteiger partial charge in [0.05, 0.1) is 6.54 Å². The van der Waals surface area contributed by atoms with Gasteiger partial charge in [0.15, 0.2) is 0 Å². The first-order valence-corrected chi connectivity index (χ1v) is 8.36. The lowest BCUT2D eigenvalue weighted by molar-refractivity contribution is -0.159. The molecule has 3 heterocycles. The van der Waals surface area contributed by atoms with Gasteiger partial charge >= 0.3 is 12.1 Å². The van der Waals surface area contributed by atoms with Gasteiger partial charge in [-0.3, -0.25) is 4.79 Å². The predicted octanol–water partition coefficient (Wildman–Crippen LogP) is 3.42. The van der Waals surface area contributed by atoms with Crippen LogP contribution in [0.25, 0.3) is 22.5 Å². The molecule has 0 aliphatic heterocycles. The zero-order valence-corrected chi connectivity index (χ0v) is 14.7. The van der Waals surface area contributed by atoms with Crippen LogP contribution in [0.1, 0.15) is 11.5 Å². The van der Waals surface area contributed by atoms with E-state index < -0.39 is 17.6 Å². The first kappa shape index (κ1) is 18.5. The summed E-state index contributed by atoms with van der Waals surface area (Å²) in [4.78, 5) is 23.6. The highest BCUT2D eigenvalue weighted by molar-refractivity contribution is 5.61. The van der Waals surface area contributed by atoms with Crippen molar-refractivity contribution in [3.8, 4) is 22.5 Å². The zero-order valence-electron chi connectivity index (χ0n) is 14.7. The number of nitrogens with zero attached hydrogens (tertiary/aromatic N) is 5. The van der Waals surface area contributed by atoms with Crippen molar-refractivity contribution in [2.24, 2.45) is 0 Å². The molecule has 1 aromatic carbocycles. The van der Waals surface area contributed by atoms with Crippen molar-refractivity contribution < 1.29 is 17.7 Å². The van der Waals surface area contributed by atoms with Crippen molar-refractivity contribution in [2.75, 3.05) is 0 Å². The Morgan fingerprint density at radius 1 is 0.966 bits per heavy atom. The van der Waals surface area contributed by atoms with Crippen molar-refractivity contribution in [3.63, 3.8) is 0 Å². The Labute approximate surface area is 161 Å². The highest BCUT2D eigenvalue weighted by atomic mass is 19.4. The lowest BCUT2D eigenvalue weighted by Gasteiger charge is -2.07. The number of rotatable bonds is 4. The number of pyridine rings is 1. The highest BCUT2D eigenvalue weighted by Gasteiger charge is 2.38. The normalized spacial score (nSPS) is 11.6. The average molecular weight is 399 g/mol. The van der Waals surface area contributed by atoms with Gasteiger partial charge in [0.1, 0.15) is 6.33 Å². The van der Waals surface area contributed by atoms with Crippen LogP contribution in [0.3, 0.4) is 0 Å². The number of benzene rings is 1. The van der Waals surface area contributed by atoms with Gasteiger partial charge in [-0.15, -0.1) is 0 Å². The minimum Gasteiger partial charge on any atom is -0.329 e. The lowest BCUT2D eigenvalue weighted by Crippen LogP contribution is -2.19. The third kappa shape index (κ3) is 4.05. The Kier molecular flexibility index (Phi) is 4.67. The summed E-state index contributed by atoms with van der Waals surface area (Å²) in [6, 6.07) is 10.2. The second kappa shape index (κ2) is 7.30. The van der Waals surface area contributed by atoms with Crippen LogP contribution in [0.4, 0.5) is 13.2 Å². The highest BCUT2D eigenvalue weighted by Crippen LogP contribution is 2.29. The van der Waals surface area contributed by atoms with E-state index in [1.807, 2.05) is 24.3 Å². The SMILES string of the molecule is O=c1cc(-c2noc(C(F)(F)F)n2)ccn1Cc1ccc(-c2cncnc2)cc1. The third-order valence-corrected chi connectivity index (χ3v) is 4.12. The van der Waals surface area contributed by atoms with E-state index in [9.17, 15) is 18.0 Å². The van der Waals surface area contributed by atoms with Crippen LogP contribution in [-0.2, 0) is 12.7 Å². The predicted molar refractivity (Wildman–Crippen MR) is 95.6 cm³/mol. The number of halogens is 3. The zero-order chi connectivity index (χ0) is 20.4. The molecule has 0 amide bonds. The smallest absolute Gasteiger partial charge is 0.329 e. The van der Waals surface area contributed by atoms with E-state index in [4.69, 9.17) is 0 Å². The van der Waals surface area contributed by atoms with Crippen LogP contribution in [0.5, 0.6) is 0 Å². The van der Waals surface area contributed by atoms with Crippen molar-refractivity contribution in [1.82, 2.24) is 24.7 Å². The molecule has 29 heavy (non-hydrogen) atoms. The molecule has 0 atom stereocenters. The fraction of sp³-hybridized carbons (Fsp3) is 0.105. The number of hydrogen-bond donors (Lipinski definition) is 0. The van der Waals surface area contributed by atoms with Crippen molar-refractivity contribution >= 4 is 0 Å². The molecule has 146 valence electrons. The van der Waals surface area contributed by atoms with E-state index in [-0.39, 0.29) is 11.4 Å². The van der Waals surface area contributed by atoms with E-state index >= 15 is 0 Å². The van der Waals surface area contributed by atoms with Crippen LogP contribution in [0.2, 0.25) is 0 Å². The maximum Gasteiger partial charge on any atom is 0.471 e. The molecule has 0 saturated heterocycles. The van der Waals surface area contributed by atoms with Gasteiger partial charge in [-0.25, -0.2) is 9.97 Å². The van der Waals surface area contributed by atoms with E-state index in [2.05, 4.69) is 24.6 Å². The second-order valence-electron chi connectivity index (χ2n) is 6.13. The molecule has 4 rings (SSSR count). The maximum atomic E-state index is 12.6. The average Bonchev–Trinajstić information content (AvgIpc) is 3.22. The van der Waals surface area contributed by atoms with E-state index in [0.717, 1.165) is 16.7 Å². The minimum absolute atomic E-state index is 0.143. The van der Waals surface area contributed by atoms with Crippen LogP contribution >= 0.6 is 0 Å². The third-order valence-electron chi connectivity index (χ3n) is 4.12. The van der Waals surface area contributed by atoms with Crippen LogP contribution in [0.15, 0.2) is 70.6 Å². The fourth-order valence-corrected chi connectivity index (χ4v) is 2.68. The van der Waals surface area contributed by atoms with Gasteiger partial charge in [-0.2, -0.15) is 18.2 Å². The minimum atomic E-state index is -4.74. The quantitative estimate of drug-likeness (QED) is 0.523. The molecule has 0 saturated carbocycles. The van der Waals surface area contributed by atoms with Crippen molar-refractivity contribution in [3.05, 3.63) is 83.1 Å². The number of hydrogen-bond acceptors (Lipinski definition) is 6. The van der Waals surface area contributed by atoms with E-state index in [1.54, 1.807) is 12.4 Å². The van der Waals surface area contributed by atoms with Gasteiger partial charge in [0.25, 0.3) is 5.56 Å². The molecule has 10 heteroatoms. The monoisotopic (exact) mass is 399 g/mol. The Bertz CT molecular complexity index is 1180. The molecule has 7 nitrogen and oxygen atoms in total. The number of aromatic nitrogens is 5. The van der Waals surface area contributed by atoms with Gasteiger partial charge < -0.3 is 9.09 Å². The Morgan fingerprint density at radius 2 is 1.69 bits per heavy atom. The molecular weight excluding hydrogens is 387 g/mol. The molecule has 0 fully saturated rings. The molecule has 3 aromatic heterocycles. The van der Waals surface area contributed by atoms with Crippen LogP contribution in [0, 0.1) is 0 Å². The summed E-state index contributed by atoms with van der Waals surface area (Å²) in [6.07, 6.45) is 1.59. The summed E-state index contributed by atoms with van der Waals surface area (Å²) in [5, 5.41) is 3.28. The van der Waals surface area contributed by atoms with E-state index in [1.165, 1.54) is 29.2 Å². The first-order chi connectivity index (χ1) is 13.9. The summed E-state index contributed by atoms with van der Waals surface area (Å²) in [6.45, 7) is 0.296. The fourth-order valence-electron chi connectivity index (χ4n) is 2.68. The van der Waals surface area contributed by atoms with Gasteiger partial charge in [0, 0.05) is 35.8 Å². The van der Waals surface area contributed by atoms with Crippen molar-refractivity contribution in [2.45, 2.75) is 12.7 Å². The van der Waals surface area contributed by atoms with Gasteiger partial charge in [-0.1, -0.05) is 29.4 Å². The summed E-state index contributed by atoms with van der Waals surface area (Å²) in [5.74, 6) is -1.75. The standard InChI is InChI=1S/C19H12F3N5O2/c20-19(21,22)18-25-17(26-29-18)14-5-6-27(16(28)7-14)10-12-1-3-13(4-2-12)15-8-23-11-24-9-15/h1-9,11H,10H2. The first-order valence-electron chi connectivity index (χ1n) is 8.36. The second-order valence-corrected chi connectivity index (χ2v) is 6.13. The lowest BCUT2D eigenvalue weighted by atomic mass is 10.1. The molecule has 4 aromatic rings. The van der Waals surface area contributed by atoms with E-state index in [0.29, 0.717) is 6.54 Å². The van der Waals surface area contributed by atoms with Crippen molar-refractivity contribution in [1.29, 1.82) is 0 Å². The molecule has 0 bridgehead atoms. The molecule has 0 aliphatic rings. The Balaban J connectivity index is 1.53. The molecule has 0 radical (unpaired) electrons. The molecule has 0 spiro atoms. The number of alkyl halides is 3. The van der Waals surface area contributed by atoms with Gasteiger partial charge in [-0.05, 0) is 17.2 Å². The van der Waals surface area contributed by atoms with Gasteiger partial charge in [0.2, 0.25) is 5.82 Å². The molecule has 0 unspecified atom stereocenters. The van der Waals surface area contributed by atoms with Crippen LogP contribution in [-0.4, -0.2) is 24.7 Å². The largest absolute Gasteiger partial charge is 0.471 e. The molecular formula is C19H12F3N5O2. The summed E-state index contributed by atoms with van der Waals surface area (Å²) in [5.41, 5.74) is 2.43. The summed E-state index contributed by atoms with van der Waals surface area (Å²) >= 11 is 0. The maximum absolute atomic E-state index is 12.6. The topological polar surface area (TPSA) is 86.7 Å².